The number of methoxy groups -OCH3 is 1. The summed E-state index contributed by atoms with van der Waals surface area (Å²) in [5.74, 6) is 0.435. The summed E-state index contributed by atoms with van der Waals surface area (Å²) < 4.78 is 6.53. The zero-order valence-electron chi connectivity index (χ0n) is 22.7. The number of nitrogens with one attached hydrogen (secondary N) is 1. The van der Waals surface area contributed by atoms with Crippen molar-refractivity contribution in [1.29, 1.82) is 0 Å². The molecule has 40 heavy (non-hydrogen) atoms. The first-order valence-electron chi connectivity index (χ1n) is 13.6. The molecule has 208 valence electrons. The largest absolute Gasteiger partial charge is 0.496 e. The summed E-state index contributed by atoms with van der Waals surface area (Å²) in [5, 5.41) is 2.89. The van der Waals surface area contributed by atoms with E-state index < -0.39 is 12.0 Å². The van der Waals surface area contributed by atoms with Crippen molar-refractivity contribution >= 4 is 45.2 Å². The lowest BCUT2D eigenvalue weighted by molar-refractivity contribution is -0.141. The summed E-state index contributed by atoms with van der Waals surface area (Å²) >= 11 is 3.35. The molecule has 9 heteroatoms. The predicted molar refractivity (Wildman–Crippen MR) is 157 cm³/mol. The lowest BCUT2D eigenvalue weighted by Gasteiger charge is -2.43. The molecule has 0 bridgehead atoms. The van der Waals surface area contributed by atoms with Crippen molar-refractivity contribution in [3.05, 3.63) is 82.5 Å². The van der Waals surface area contributed by atoms with Gasteiger partial charge in [-0.15, -0.1) is 0 Å². The van der Waals surface area contributed by atoms with Gasteiger partial charge in [0.05, 0.1) is 19.1 Å². The Balaban J connectivity index is 1.36. The molecule has 8 nitrogen and oxygen atoms in total. The Morgan fingerprint density at radius 3 is 2.40 bits per heavy atom. The molecule has 2 unspecified atom stereocenters. The summed E-state index contributed by atoms with van der Waals surface area (Å²) in [7, 11) is 1.61. The van der Waals surface area contributed by atoms with Gasteiger partial charge in [-0.05, 0) is 72.4 Å². The molecular formula is C31H33BrN4O4. The lowest BCUT2D eigenvalue weighted by Crippen LogP contribution is -2.51. The van der Waals surface area contributed by atoms with Gasteiger partial charge in [0, 0.05) is 47.3 Å². The number of benzene rings is 2. The number of ether oxygens (including phenoxy) is 1. The summed E-state index contributed by atoms with van der Waals surface area (Å²) in [6.07, 6.45) is 3.53. The number of anilines is 2. The van der Waals surface area contributed by atoms with Gasteiger partial charge in [-0.25, -0.2) is 4.98 Å². The highest BCUT2D eigenvalue weighted by atomic mass is 79.9. The lowest BCUT2D eigenvalue weighted by atomic mass is 9.81. The fraction of sp³-hybridized carbons (Fsp3) is 0.355. The van der Waals surface area contributed by atoms with E-state index in [2.05, 4.69) is 26.2 Å². The van der Waals surface area contributed by atoms with Crippen LogP contribution < -0.4 is 15.0 Å². The number of rotatable bonds is 6. The zero-order chi connectivity index (χ0) is 28.2. The minimum absolute atomic E-state index is 0.00829. The Morgan fingerprint density at radius 1 is 1.00 bits per heavy atom. The number of amides is 3. The Labute approximate surface area is 242 Å². The van der Waals surface area contributed by atoms with Crippen LogP contribution in [-0.2, 0) is 14.4 Å². The van der Waals surface area contributed by atoms with Crippen molar-refractivity contribution in [1.82, 2.24) is 9.88 Å². The fourth-order valence-electron chi connectivity index (χ4n) is 5.70. The van der Waals surface area contributed by atoms with E-state index in [1.807, 2.05) is 66.4 Å². The van der Waals surface area contributed by atoms with Crippen LogP contribution in [0.15, 0.2) is 71.3 Å². The Bertz CT molecular complexity index is 1370. The highest BCUT2D eigenvalue weighted by Gasteiger charge is 2.44. The molecule has 0 saturated carbocycles. The first-order valence-corrected chi connectivity index (χ1v) is 14.4. The van der Waals surface area contributed by atoms with Crippen molar-refractivity contribution in [2.45, 2.75) is 38.6 Å². The van der Waals surface area contributed by atoms with Crippen LogP contribution in [0.2, 0.25) is 0 Å². The molecule has 3 aromatic rings. The molecule has 2 aromatic carbocycles. The van der Waals surface area contributed by atoms with Crippen molar-refractivity contribution in [2.75, 3.05) is 30.4 Å². The summed E-state index contributed by atoms with van der Waals surface area (Å²) in [4.78, 5) is 48.2. The van der Waals surface area contributed by atoms with E-state index >= 15 is 0 Å². The molecule has 1 aromatic heterocycles. The van der Waals surface area contributed by atoms with Crippen molar-refractivity contribution in [2.24, 2.45) is 11.8 Å². The smallest absolute Gasteiger partial charge is 0.228 e. The average Bonchev–Trinajstić information content (AvgIpc) is 2.98. The number of pyridine rings is 1. The van der Waals surface area contributed by atoms with Gasteiger partial charge in [0.2, 0.25) is 17.7 Å². The molecule has 1 N–H and O–H groups in total. The van der Waals surface area contributed by atoms with Gasteiger partial charge in [-0.3, -0.25) is 14.4 Å². The molecule has 2 aliphatic rings. The highest BCUT2D eigenvalue weighted by Crippen LogP contribution is 2.44. The number of nitrogens with zero attached hydrogens (tertiary/aromatic N) is 3. The number of carbonyl (C=O) groups excluding carboxylic acids is 3. The van der Waals surface area contributed by atoms with E-state index in [1.54, 1.807) is 24.3 Å². The van der Waals surface area contributed by atoms with Crippen LogP contribution in [0, 0.1) is 18.8 Å². The second-order valence-corrected chi connectivity index (χ2v) is 11.3. The topological polar surface area (TPSA) is 91.8 Å². The molecule has 0 aliphatic carbocycles. The Hall–Kier alpha value is -3.72. The predicted octanol–water partition coefficient (Wildman–Crippen LogP) is 5.52. The van der Waals surface area contributed by atoms with Crippen LogP contribution >= 0.6 is 15.9 Å². The number of aromatic nitrogens is 1. The van der Waals surface area contributed by atoms with Crippen molar-refractivity contribution < 1.29 is 19.1 Å². The highest BCUT2D eigenvalue weighted by molar-refractivity contribution is 9.10. The van der Waals surface area contributed by atoms with Gasteiger partial charge >= 0.3 is 0 Å². The Kier molecular flexibility index (Phi) is 8.49. The number of hydrogen-bond donors (Lipinski definition) is 1. The molecule has 0 radical (unpaired) electrons. The second-order valence-electron chi connectivity index (χ2n) is 10.4. The first kappa shape index (κ1) is 27.8. The molecule has 0 spiro atoms. The molecular weight excluding hydrogens is 572 g/mol. The van der Waals surface area contributed by atoms with Crippen LogP contribution in [0.1, 0.15) is 42.9 Å². The third-order valence-electron chi connectivity index (χ3n) is 7.84. The Morgan fingerprint density at radius 2 is 1.73 bits per heavy atom. The molecule has 3 amide bonds. The van der Waals surface area contributed by atoms with Gasteiger partial charge < -0.3 is 19.9 Å². The number of hydrogen-bond acceptors (Lipinski definition) is 5. The fourth-order valence-corrected chi connectivity index (χ4v) is 5.94. The number of piperidine rings is 2. The number of likely N-dealkylation sites (tertiary alicyclic amines) is 1. The maximum atomic E-state index is 14.1. The summed E-state index contributed by atoms with van der Waals surface area (Å²) in [6.45, 7) is 2.97. The molecule has 5 rings (SSSR count). The van der Waals surface area contributed by atoms with Crippen molar-refractivity contribution in [3.63, 3.8) is 0 Å². The third-order valence-corrected chi connectivity index (χ3v) is 8.31. The SMILES string of the molecule is COc1ccccc1C1C(C(=O)N2CCC(C(=O)Nc3ccc(Br)cn3)CC2)CCC(=O)N1c1ccc(C)cc1. The van der Waals surface area contributed by atoms with Crippen LogP contribution in [0.4, 0.5) is 11.5 Å². The maximum absolute atomic E-state index is 14.1. The van der Waals surface area contributed by atoms with Crippen LogP contribution in [0.25, 0.3) is 0 Å². The standard InChI is InChI=1S/C31H33BrN4O4/c1-20-7-10-23(11-8-20)36-28(37)14-12-25(29(36)24-5-3-4-6-26(24)40-2)31(39)35-17-15-21(16-18-35)30(38)34-27-13-9-22(32)19-33-27/h3-11,13,19,21,25,29H,12,14-18H2,1-2H3,(H,33,34,38). The van der Waals surface area contributed by atoms with Gasteiger partial charge in [0.15, 0.2) is 0 Å². The van der Waals surface area contributed by atoms with E-state index in [0.29, 0.717) is 43.9 Å². The second kappa shape index (κ2) is 12.2. The maximum Gasteiger partial charge on any atom is 0.228 e. The van der Waals surface area contributed by atoms with Gasteiger partial charge in [0.25, 0.3) is 0 Å². The molecule has 3 heterocycles. The zero-order valence-corrected chi connectivity index (χ0v) is 24.3. The van der Waals surface area contributed by atoms with E-state index in [-0.39, 0.29) is 30.1 Å². The van der Waals surface area contributed by atoms with Crippen LogP contribution in [-0.4, -0.2) is 47.8 Å². The average molecular weight is 606 g/mol. The number of carbonyl (C=O) groups is 3. The van der Waals surface area contributed by atoms with E-state index in [0.717, 1.165) is 21.3 Å². The minimum Gasteiger partial charge on any atom is -0.496 e. The summed E-state index contributed by atoms with van der Waals surface area (Å²) in [6, 6.07) is 18.5. The van der Waals surface area contributed by atoms with Crippen molar-refractivity contribution in [3.8, 4) is 5.75 Å². The summed E-state index contributed by atoms with van der Waals surface area (Å²) in [5.41, 5.74) is 2.67. The third kappa shape index (κ3) is 5.89. The van der Waals surface area contributed by atoms with Crippen LogP contribution in [0.5, 0.6) is 5.75 Å². The van der Waals surface area contributed by atoms with E-state index in [4.69, 9.17) is 4.74 Å². The van der Waals surface area contributed by atoms with Gasteiger partial charge in [0.1, 0.15) is 11.6 Å². The number of para-hydroxylation sites is 1. The quantitative estimate of drug-likeness (QED) is 0.400. The van der Waals surface area contributed by atoms with E-state index in [9.17, 15) is 14.4 Å². The number of halogens is 1. The molecule has 2 atom stereocenters. The first-order chi connectivity index (χ1) is 19.4. The minimum atomic E-state index is -0.503. The monoisotopic (exact) mass is 604 g/mol. The molecule has 2 saturated heterocycles. The van der Waals surface area contributed by atoms with Gasteiger partial charge in [-0.2, -0.15) is 0 Å². The van der Waals surface area contributed by atoms with E-state index in [1.165, 1.54) is 0 Å². The molecule has 2 fully saturated rings. The van der Waals surface area contributed by atoms with Crippen LogP contribution in [0.3, 0.4) is 0 Å². The number of aryl methyl sites for hydroxylation is 1. The normalized spacial score (nSPS) is 19.8. The molecule has 2 aliphatic heterocycles. The van der Waals surface area contributed by atoms with Gasteiger partial charge in [-0.1, -0.05) is 35.9 Å².